The van der Waals surface area contributed by atoms with E-state index in [9.17, 15) is 23.5 Å². The van der Waals surface area contributed by atoms with Crippen LogP contribution in [0.25, 0.3) is 5.69 Å². The number of aromatic carboxylic acids is 1. The molecule has 192 valence electrons. The SMILES string of the molecule is CC(C)CN(CC(C)C)c1c(Cl)cc(-n2cccc2C(=O)O)cc1NC(=O)Nc1ccc(F)cc1F. The van der Waals surface area contributed by atoms with Crippen molar-refractivity contribution in [3.8, 4) is 5.69 Å². The number of aromatic nitrogens is 1. The van der Waals surface area contributed by atoms with E-state index >= 15 is 0 Å². The number of nitrogens with zero attached hydrogens (tertiary/aromatic N) is 2. The van der Waals surface area contributed by atoms with Crippen LogP contribution in [0.3, 0.4) is 0 Å². The number of anilines is 3. The lowest BCUT2D eigenvalue weighted by atomic mass is 10.1. The second-order valence-electron chi connectivity index (χ2n) is 9.29. The number of carbonyl (C=O) groups excluding carboxylic acids is 1. The predicted molar refractivity (Wildman–Crippen MR) is 139 cm³/mol. The average Bonchev–Trinajstić information content (AvgIpc) is 3.25. The third kappa shape index (κ3) is 6.54. The minimum absolute atomic E-state index is 0.0174. The molecule has 0 saturated carbocycles. The summed E-state index contributed by atoms with van der Waals surface area (Å²) in [7, 11) is 0. The first kappa shape index (κ1) is 27.0. The minimum Gasteiger partial charge on any atom is -0.477 e. The van der Waals surface area contributed by atoms with Crippen LogP contribution >= 0.6 is 11.6 Å². The molecular weight excluding hydrogens is 490 g/mol. The first-order valence-corrected chi connectivity index (χ1v) is 11.9. The van der Waals surface area contributed by atoms with Crippen molar-refractivity contribution < 1.29 is 23.5 Å². The van der Waals surface area contributed by atoms with Crippen LogP contribution in [0.2, 0.25) is 5.02 Å². The van der Waals surface area contributed by atoms with Crippen molar-refractivity contribution in [3.05, 3.63) is 71.0 Å². The molecule has 36 heavy (non-hydrogen) atoms. The molecular formula is C26H29ClF2N4O3. The summed E-state index contributed by atoms with van der Waals surface area (Å²) in [6, 6.07) is 8.35. The average molecular weight is 519 g/mol. The van der Waals surface area contributed by atoms with Gasteiger partial charge in [0.1, 0.15) is 17.3 Å². The Hall–Kier alpha value is -3.59. The van der Waals surface area contributed by atoms with Crippen LogP contribution in [0.1, 0.15) is 38.2 Å². The molecule has 0 spiro atoms. The highest BCUT2D eigenvalue weighted by molar-refractivity contribution is 6.34. The molecule has 2 aromatic carbocycles. The smallest absolute Gasteiger partial charge is 0.352 e. The number of carboxylic acid groups (broad SMARTS) is 1. The van der Waals surface area contributed by atoms with Crippen molar-refractivity contribution in [2.75, 3.05) is 28.6 Å². The summed E-state index contributed by atoms with van der Waals surface area (Å²) in [5.74, 6) is -2.26. The van der Waals surface area contributed by atoms with Gasteiger partial charge < -0.3 is 25.2 Å². The summed E-state index contributed by atoms with van der Waals surface area (Å²) < 4.78 is 28.8. The molecule has 0 saturated heterocycles. The van der Waals surface area contributed by atoms with Gasteiger partial charge in [0.15, 0.2) is 0 Å². The number of halogens is 3. The van der Waals surface area contributed by atoms with Crippen molar-refractivity contribution in [3.63, 3.8) is 0 Å². The summed E-state index contributed by atoms with van der Waals surface area (Å²) >= 11 is 6.76. The summed E-state index contributed by atoms with van der Waals surface area (Å²) in [5.41, 5.74) is 1.11. The standard InChI is InChI=1S/C26H29ClF2N4O3/c1-15(2)13-32(14-16(3)4)24-19(27)11-18(33-9-5-6-23(33)25(34)35)12-22(24)31-26(36)30-21-8-7-17(28)10-20(21)29/h5-12,15-16H,13-14H2,1-4H3,(H,34,35)(H2,30,31,36). The number of hydrogen-bond acceptors (Lipinski definition) is 3. The largest absolute Gasteiger partial charge is 0.477 e. The molecule has 1 aromatic heterocycles. The normalized spacial score (nSPS) is 11.1. The van der Waals surface area contributed by atoms with Crippen LogP contribution in [0.5, 0.6) is 0 Å². The fraction of sp³-hybridized carbons (Fsp3) is 0.308. The van der Waals surface area contributed by atoms with Gasteiger partial charge in [-0.1, -0.05) is 39.3 Å². The topological polar surface area (TPSA) is 86.6 Å². The highest BCUT2D eigenvalue weighted by Gasteiger charge is 2.22. The van der Waals surface area contributed by atoms with E-state index in [0.29, 0.717) is 41.2 Å². The first-order chi connectivity index (χ1) is 17.0. The van der Waals surface area contributed by atoms with E-state index in [1.54, 1.807) is 24.4 Å². The monoisotopic (exact) mass is 518 g/mol. The third-order valence-corrected chi connectivity index (χ3v) is 5.50. The van der Waals surface area contributed by atoms with Gasteiger partial charge in [-0.25, -0.2) is 18.4 Å². The van der Waals surface area contributed by atoms with Crippen LogP contribution < -0.4 is 15.5 Å². The lowest BCUT2D eigenvalue weighted by molar-refractivity contribution is 0.0688. The quantitative estimate of drug-likeness (QED) is 0.288. The Kier molecular flexibility index (Phi) is 8.57. The van der Waals surface area contributed by atoms with Gasteiger partial charge in [-0.15, -0.1) is 0 Å². The second-order valence-corrected chi connectivity index (χ2v) is 9.70. The zero-order chi connectivity index (χ0) is 26.6. The van der Waals surface area contributed by atoms with E-state index < -0.39 is 23.6 Å². The molecule has 0 aliphatic carbocycles. The fourth-order valence-corrected chi connectivity index (χ4v) is 4.26. The zero-order valence-electron chi connectivity index (χ0n) is 20.5. The molecule has 3 rings (SSSR count). The van der Waals surface area contributed by atoms with Crippen molar-refractivity contribution in [1.82, 2.24) is 4.57 Å². The number of carboxylic acids is 1. The number of carbonyl (C=O) groups is 2. The number of urea groups is 1. The Labute approximate surface area is 213 Å². The van der Waals surface area contributed by atoms with E-state index in [1.165, 1.54) is 10.6 Å². The molecule has 0 radical (unpaired) electrons. The van der Waals surface area contributed by atoms with E-state index in [-0.39, 0.29) is 23.2 Å². The van der Waals surface area contributed by atoms with Crippen LogP contribution in [0.15, 0.2) is 48.7 Å². The number of rotatable bonds is 9. The van der Waals surface area contributed by atoms with Gasteiger partial charge in [-0.3, -0.25) is 0 Å². The minimum atomic E-state index is -1.12. The van der Waals surface area contributed by atoms with Crippen LogP contribution in [-0.2, 0) is 0 Å². The number of nitrogens with one attached hydrogen (secondary N) is 2. The molecule has 1 heterocycles. The summed E-state index contributed by atoms with van der Waals surface area (Å²) in [4.78, 5) is 26.6. The van der Waals surface area contributed by atoms with E-state index in [2.05, 4.69) is 43.2 Å². The summed E-state index contributed by atoms with van der Waals surface area (Å²) in [5, 5.41) is 15.0. The van der Waals surface area contributed by atoms with Gasteiger partial charge in [0.05, 0.1) is 22.1 Å². The van der Waals surface area contributed by atoms with Gasteiger partial charge in [0.25, 0.3) is 0 Å². The van der Waals surface area contributed by atoms with Gasteiger partial charge in [0.2, 0.25) is 0 Å². The zero-order valence-corrected chi connectivity index (χ0v) is 21.2. The first-order valence-electron chi connectivity index (χ1n) is 11.5. The Balaban J connectivity index is 2.08. The summed E-state index contributed by atoms with van der Waals surface area (Å²) in [6.07, 6.45) is 1.58. The van der Waals surface area contributed by atoms with Crippen molar-refractivity contribution in [2.45, 2.75) is 27.7 Å². The molecule has 0 aliphatic heterocycles. The Morgan fingerprint density at radius 1 is 1.00 bits per heavy atom. The second kappa shape index (κ2) is 11.4. The number of amides is 2. The number of benzene rings is 2. The maximum absolute atomic E-state index is 14.1. The van der Waals surface area contributed by atoms with E-state index in [0.717, 1.165) is 12.1 Å². The van der Waals surface area contributed by atoms with Gasteiger partial charge in [-0.05, 0) is 48.2 Å². The van der Waals surface area contributed by atoms with Crippen molar-refractivity contribution in [2.24, 2.45) is 11.8 Å². The lowest BCUT2D eigenvalue weighted by Crippen LogP contribution is -2.33. The summed E-state index contributed by atoms with van der Waals surface area (Å²) in [6.45, 7) is 9.53. The number of hydrogen-bond donors (Lipinski definition) is 3. The van der Waals surface area contributed by atoms with Gasteiger partial charge in [0, 0.05) is 31.0 Å². The molecule has 0 fully saturated rings. The fourth-order valence-electron chi connectivity index (χ4n) is 3.93. The molecule has 10 heteroatoms. The van der Waals surface area contributed by atoms with E-state index in [1.807, 2.05) is 0 Å². The Morgan fingerprint density at radius 2 is 1.64 bits per heavy atom. The van der Waals surface area contributed by atoms with Crippen LogP contribution in [-0.4, -0.2) is 34.8 Å². The predicted octanol–water partition coefficient (Wildman–Crippen LogP) is 6.87. The molecule has 0 atom stereocenters. The molecule has 7 nitrogen and oxygen atoms in total. The van der Waals surface area contributed by atoms with Crippen LogP contribution in [0.4, 0.5) is 30.6 Å². The van der Waals surface area contributed by atoms with Crippen LogP contribution in [0, 0.1) is 23.5 Å². The van der Waals surface area contributed by atoms with Crippen molar-refractivity contribution in [1.29, 1.82) is 0 Å². The van der Waals surface area contributed by atoms with Gasteiger partial charge in [-0.2, -0.15) is 0 Å². The van der Waals surface area contributed by atoms with Crippen molar-refractivity contribution >= 4 is 40.7 Å². The lowest BCUT2D eigenvalue weighted by Gasteiger charge is -2.31. The molecule has 0 bridgehead atoms. The highest BCUT2D eigenvalue weighted by Crippen LogP contribution is 2.38. The molecule has 3 aromatic rings. The highest BCUT2D eigenvalue weighted by atomic mass is 35.5. The van der Waals surface area contributed by atoms with Gasteiger partial charge >= 0.3 is 12.0 Å². The Bertz CT molecular complexity index is 1250. The molecule has 2 amide bonds. The maximum Gasteiger partial charge on any atom is 0.352 e. The Morgan fingerprint density at radius 3 is 2.22 bits per heavy atom. The molecule has 3 N–H and O–H groups in total. The molecule has 0 unspecified atom stereocenters. The maximum atomic E-state index is 14.1. The van der Waals surface area contributed by atoms with E-state index in [4.69, 9.17) is 11.6 Å². The third-order valence-electron chi connectivity index (χ3n) is 5.21. The molecule has 0 aliphatic rings.